The average molecular weight is 310 g/mol. The van der Waals surface area contributed by atoms with Crippen LogP contribution in [0.2, 0.25) is 0 Å². The van der Waals surface area contributed by atoms with Crippen molar-refractivity contribution in [3.05, 3.63) is 54.0 Å². The molecule has 5 heteroatoms. The minimum Gasteiger partial charge on any atom is -0.367 e. The highest BCUT2D eigenvalue weighted by atomic mass is 16.2. The lowest BCUT2D eigenvalue weighted by Gasteiger charge is -2.26. The number of benzene rings is 1. The summed E-state index contributed by atoms with van der Waals surface area (Å²) < 4.78 is 0. The van der Waals surface area contributed by atoms with Gasteiger partial charge in [-0.15, -0.1) is 0 Å². The maximum atomic E-state index is 12.9. The van der Waals surface area contributed by atoms with Crippen molar-refractivity contribution in [1.82, 2.24) is 14.9 Å². The Morgan fingerprint density at radius 2 is 2.00 bits per heavy atom. The molecule has 120 valence electrons. The molecule has 0 radical (unpaired) electrons. The van der Waals surface area contributed by atoms with E-state index in [0.29, 0.717) is 18.3 Å². The molecule has 0 unspecified atom stereocenters. The maximum absolute atomic E-state index is 12.9. The minimum absolute atomic E-state index is 0.0647. The van der Waals surface area contributed by atoms with Gasteiger partial charge in [0.05, 0.1) is 0 Å². The Bertz CT molecular complexity index is 668. The summed E-state index contributed by atoms with van der Waals surface area (Å²) in [5.41, 5.74) is 1.55. The van der Waals surface area contributed by atoms with Crippen LogP contribution < -0.4 is 5.32 Å². The topological polar surface area (TPSA) is 58.1 Å². The average Bonchev–Trinajstić information content (AvgIpc) is 3.37. The van der Waals surface area contributed by atoms with E-state index in [0.717, 1.165) is 11.4 Å². The van der Waals surface area contributed by atoms with Gasteiger partial charge in [0, 0.05) is 24.7 Å². The molecular weight excluding hydrogens is 288 g/mol. The number of nitrogens with one attached hydrogen (secondary N) is 1. The molecule has 1 aliphatic carbocycles. The van der Waals surface area contributed by atoms with Crippen LogP contribution in [0.1, 0.15) is 42.7 Å². The molecule has 5 nitrogen and oxygen atoms in total. The van der Waals surface area contributed by atoms with E-state index >= 15 is 0 Å². The highest BCUT2D eigenvalue weighted by Gasteiger charge is 2.23. The van der Waals surface area contributed by atoms with Gasteiger partial charge in [0.25, 0.3) is 5.91 Å². The first-order valence-corrected chi connectivity index (χ1v) is 8.07. The van der Waals surface area contributed by atoms with Crippen LogP contribution in [0, 0.1) is 0 Å². The first kappa shape index (κ1) is 15.5. The molecule has 1 aromatic carbocycles. The maximum Gasteiger partial charge on any atom is 0.273 e. The van der Waals surface area contributed by atoms with Crippen molar-refractivity contribution in [2.24, 2.45) is 0 Å². The lowest BCUT2D eigenvalue weighted by Crippen LogP contribution is -2.37. The molecule has 23 heavy (non-hydrogen) atoms. The van der Waals surface area contributed by atoms with Crippen molar-refractivity contribution in [3.63, 3.8) is 0 Å². The third kappa shape index (κ3) is 4.06. The number of nitrogens with zero attached hydrogens (tertiary/aromatic N) is 3. The van der Waals surface area contributed by atoms with Gasteiger partial charge in [0.2, 0.25) is 0 Å². The fraction of sp³-hybridized carbons (Fsp3) is 0.389. The molecule has 1 amide bonds. The molecule has 0 saturated heterocycles. The van der Waals surface area contributed by atoms with Crippen LogP contribution in [0.4, 0.5) is 5.82 Å². The zero-order chi connectivity index (χ0) is 16.2. The summed E-state index contributed by atoms with van der Waals surface area (Å²) in [6.45, 7) is 4.61. The van der Waals surface area contributed by atoms with Crippen molar-refractivity contribution in [1.29, 1.82) is 0 Å². The number of carbonyl (C=O) groups excluding carboxylic acids is 1. The van der Waals surface area contributed by atoms with Gasteiger partial charge in [-0.2, -0.15) is 0 Å². The van der Waals surface area contributed by atoms with Gasteiger partial charge in [0.15, 0.2) is 0 Å². The molecule has 1 N–H and O–H groups in total. The SMILES string of the molecule is CC(C)N(Cc1ccccc1)C(=O)c1cc(NC2CC2)ncn1. The molecule has 0 bridgehead atoms. The molecule has 0 atom stereocenters. The quantitative estimate of drug-likeness (QED) is 0.890. The van der Waals surface area contributed by atoms with Gasteiger partial charge in [-0.3, -0.25) is 4.79 Å². The summed E-state index contributed by atoms with van der Waals surface area (Å²) >= 11 is 0. The Labute approximate surface area is 136 Å². The van der Waals surface area contributed by atoms with Crippen LogP contribution in [0.15, 0.2) is 42.7 Å². The highest BCUT2D eigenvalue weighted by molar-refractivity contribution is 5.93. The summed E-state index contributed by atoms with van der Waals surface area (Å²) in [6, 6.07) is 12.4. The molecule has 1 aliphatic rings. The number of hydrogen-bond donors (Lipinski definition) is 1. The van der Waals surface area contributed by atoms with Gasteiger partial charge in [-0.25, -0.2) is 9.97 Å². The van der Waals surface area contributed by atoms with E-state index < -0.39 is 0 Å². The Morgan fingerprint density at radius 3 is 2.65 bits per heavy atom. The van der Waals surface area contributed by atoms with Crippen molar-refractivity contribution in [2.45, 2.75) is 45.3 Å². The van der Waals surface area contributed by atoms with Crippen molar-refractivity contribution in [2.75, 3.05) is 5.32 Å². The van der Waals surface area contributed by atoms with Gasteiger partial charge < -0.3 is 10.2 Å². The molecule has 1 saturated carbocycles. The first-order chi connectivity index (χ1) is 11.1. The minimum atomic E-state index is -0.0647. The molecule has 1 fully saturated rings. The summed E-state index contributed by atoms with van der Waals surface area (Å²) in [6.07, 6.45) is 3.79. The van der Waals surface area contributed by atoms with E-state index in [1.807, 2.05) is 49.1 Å². The molecule has 0 aliphatic heterocycles. The third-order valence-electron chi connectivity index (χ3n) is 3.90. The Balaban J connectivity index is 1.77. The lowest BCUT2D eigenvalue weighted by atomic mass is 10.1. The zero-order valence-electron chi connectivity index (χ0n) is 13.6. The van der Waals surface area contributed by atoms with Gasteiger partial charge >= 0.3 is 0 Å². The summed E-state index contributed by atoms with van der Waals surface area (Å²) in [5, 5.41) is 3.31. The Kier molecular flexibility index (Phi) is 4.55. The van der Waals surface area contributed by atoms with E-state index in [1.54, 1.807) is 6.07 Å². The van der Waals surface area contributed by atoms with Crippen LogP contribution in [0.25, 0.3) is 0 Å². The predicted molar refractivity (Wildman–Crippen MR) is 90.1 cm³/mol. The van der Waals surface area contributed by atoms with Crippen molar-refractivity contribution < 1.29 is 4.79 Å². The smallest absolute Gasteiger partial charge is 0.273 e. The number of carbonyl (C=O) groups is 1. The van der Waals surface area contributed by atoms with Gasteiger partial charge in [-0.1, -0.05) is 30.3 Å². The van der Waals surface area contributed by atoms with Crippen LogP contribution in [-0.2, 0) is 6.54 Å². The van der Waals surface area contributed by atoms with E-state index in [2.05, 4.69) is 15.3 Å². The largest absolute Gasteiger partial charge is 0.367 e. The molecular formula is C18H22N4O. The van der Waals surface area contributed by atoms with Crippen LogP contribution in [0.3, 0.4) is 0 Å². The summed E-state index contributed by atoms with van der Waals surface area (Å²) in [5.74, 6) is 0.666. The van der Waals surface area contributed by atoms with Gasteiger partial charge in [0.1, 0.15) is 17.8 Å². The molecule has 2 aromatic rings. The number of aromatic nitrogens is 2. The van der Waals surface area contributed by atoms with Crippen molar-refractivity contribution >= 4 is 11.7 Å². The van der Waals surface area contributed by atoms with Gasteiger partial charge in [-0.05, 0) is 32.3 Å². The monoisotopic (exact) mass is 310 g/mol. The molecule has 1 heterocycles. The Hall–Kier alpha value is -2.43. The second-order valence-corrected chi connectivity index (χ2v) is 6.22. The standard InChI is InChI=1S/C18H22N4O/c1-13(2)22(11-14-6-4-3-5-7-14)18(23)16-10-17(20-12-19-16)21-15-8-9-15/h3-7,10,12-13,15H,8-9,11H2,1-2H3,(H,19,20,21). The lowest BCUT2D eigenvalue weighted by molar-refractivity contribution is 0.0684. The summed E-state index contributed by atoms with van der Waals surface area (Å²) in [7, 11) is 0. The van der Waals surface area contributed by atoms with E-state index in [4.69, 9.17) is 0 Å². The fourth-order valence-corrected chi connectivity index (χ4v) is 2.41. The number of anilines is 1. The Morgan fingerprint density at radius 1 is 1.26 bits per heavy atom. The van der Waals surface area contributed by atoms with E-state index in [9.17, 15) is 4.79 Å². The second-order valence-electron chi connectivity index (χ2n) is 6.22. The van der Waals surface area contributed by atoms with Crippen LogP contribution in [-0.4, -0.2) is 32.9 Å². The predicted octanol–water partition coefficient (Wildman–Crippen LogP) is 3.10. The van der Waals surface area contributed by atoms with Crippen molar-refractivity contribution in [3.8, 4) is 0 Å². The normalized spacial score (nSPS) is 13.9. The number of rotatable bonds is 6. The van der Waals surface area contributed by atoms with E-state index in [1.165, 1.54) is 19.2 Å². The highest BCUT2D eigenvalue weighted by Crippen LogP contribution is 2.23. The number of amides is 1. The fourth-order valence-electron chi connectivity index (χ4n) is 2.41. The van der Waals surface area contributed by atoms with Crippen LogP contribution >= 0.6 is 0 Å². The number of hydrogen-bond acceptors (Lipinski definition) is 4. The zero-order valence-corrected chi connectivity index (χ0v) is 13.6. The first-order valence-electron chi connectivity index (χ1n) is 8.07. The molecule has 3 rings (SSSR count). The second kappa shape index (κ2) is 6.77. The van der Waals surface area contributed by atoms with E-state index in [-0.39, 0.29) is 11.9 Å². The van der Waals surface area contributed by atoms with Crippen LogP contribution in [0.5, 0.6) is 0 Å². The molecule has 1 aromatic heterocycles. The third-order valence-corrected chi connectivity index (χ3v) is 3.90. The summed E-state index contributed by atoms with van der Waals surface area (Å²) in [4.78, 5) is 23.1. The molecule has 0 spiro atoms.